The van der Waals surface area contributed by atoms with Crippen molar-refractivity contribution in [2.75, 3.05) is 19.6 Å². The second-order valence-corrected chi connectivity index (χ2v) is 4.48. The van der Waals surface area contributed by atoms with E-state index >= 15 is 0 Å². The zero-order chi connectivity index (χ0) is 10.2. The van der Waals surface area contributed by atoms with Crippen LogP contribution in [0.2, 0.25) is 0 Å². The van der Waals surface area contributed by atoms with Crippen molar-refractivity contribution in [1.29, 1.82) is 0 Å². The Morgan fingerprint density at radius 2 is 2.21 bits per heavy atom. The van der Waals surface area contributed by atoms with Gasteiger partial charge >= 0.3 is 0 Å². The number of hydrogen-bond acceptors (Lipinski definition) is 4. The van der Waals surface area contributed by atoms with Gasteiger partial charge < -0.3 is 10.6 Å². The van der Waals surface area contributed by atoms with E-state index in [1.807, 2.05) is 11.7 Å². The highest BCUT2D eigenvalue weighted by Crippen LogP contribution is 2.04. The first kappa shape index (κ1) is 11.6. The van der Waals surface area contributed by atoms with Crippen molar-refractivity contribution >= 4 is 11.3 Å². The molecule has 0 aliphatic carbocycles. The molecular weight excluding hydrogens is 194 g/mol. The Kier molecular flexibility index (Phi) is 5.75. The lowest BCUT2D eigenvalue weighted by Gasteiger charge is -2.11. The summed E-state index contributed by atoms with van der Waals surface area (Å²) in [6.07, 6.45) is 1.92. The van der Waals surface area contributed by atoms with E-state index in [0.29, 0.717) is 5.92 Å². The largest absolute Gasteiger partial charge is 0.317 e. The number of hydrogen-bond donors (Lipinski definition) is 2. The van der Waals surface area contributed by atoms with E-state index in [2.05, 4.69) is 29.5 Å². The van der Waals surface area contributed by atoms with E-state index in [4.69, 9.17) is 0 Å². The zero-order valence-electron chi connectivity index (χ0n) is 8.92. The highest BCUT2D eigenvalue weighted by Gasteiger charge is 2.00. The molecule has 0 spiro atoms. The summed E-state index contributed by atoms with van der Waals surface area (Å²) in [5.74, 6) is 0.683. The molecule has 80 valence electrons. The fourth-order valence-electron chi connectivity index (χ4n) is 1.23. The summed E-state index contributed by atoms with van der Waals surface area (Å²) in [5, 5.41) is 6.77. The van der Waals surface area contributed by atoms with Crippen LogP contribution in [0.3, 0.4) is 0 Å². The van der Waals surface area contributed by atoms with Crippen molar-refractivity contribution < 1.29 is 0 Å². The molecule has 0 aliphatic rings. The molecule has 1 rings (SSSR count). The van der Waals surface area contributed by atoms with Crippen LogP contribution in [-0.2, 0) is 6.54 Å². The molecule has 1 unspecified atom stereocenters. The normalized spacial score (nSPS) is 13.0. The topological polar surface area (TPSA) is 37.0 Å². The Labute approximate surface area is 89.9 Å². The summed E-state index contributed by atoms with van der Waals surface area (Å²) < 4.78 is 0. The Balaban J connectivity index is 2.03. The highest BCUT2D eigenvalue weighted by molar-refractivity contribution is 7.09. The third-order valence-corrected chi connectivity index (χ3v) is 2.80. The Bertz CT molecular complexity index is 223. The van der Waals surface area contributed by atoms with E-state index in [9.17, 15) is 0 Å². The molecule has 2 N–H and O–H groups in total. The first-order valence-electron chi connectivity index (χ1n) is 5.11. The fraction of sp³-hybridized carbons (Fsp3) is 0.700. The molecule has 1 aromatic heterocycles. The van der Waals surface area contributed by atoms with Crippen molar-refractivity contribution in [2.24, 2.45) is 5.92 Å². The van der Waals surface area contributed by atoms with Crippen LogP contribution < -0.4 is 10.6 Å². The van der Waals surface area contributed by atoms with Crippen molar-refractivity contribution in [3.8, 4) is 0 Å². The number of rotatable bonds is 7. The minimum absolute atomic E-state index is 0.683. The van der Waals surface area contributed by atoms with Gasteiger partial charge in [-0.05, 0) is 25.6 Å². The lowest BCUT2D eigenvalue weighted by atomic mass is 10.2. The monoisotopic (exact) mass is 213 g/mol. The van der Waals surface area contributed by atoms with E-state index in [-0.39, 0.29) is 0 Å². The second kappa shape index (κ2) is 6.92. The lowest BCUT2D eigenvalue weighted by molar-refractivity contribution is 0.480. The summed E-state index contributed by atoms with van der Waals surface area (Å²) in [4.78, 5) is 5.34. The summed E-state index contributed by atoms with van der Waals surface area (Å²) in [5.41, 5.74) is 1.87. The van der Waals surface area contributed by atoms with Crippen LogP contribution in [0, 0.1) is 5.92 Å². The maximum atomic E-state index is 4.04. The van der Waals surface area contributed by atoms with Crippen LogP contribution in [-0.4, -0.2) is 24.6 Å². The highest BCUT2D eigenvalue weighted by atomic mass is 32.1. The van der Waals surface area contributed by atoms with E-state index < -0.39 is 0 Å². The molecule has 0 radical (unpaired) electrons. The van der Waals surface area contributed by atoms with Gasteiger partial charge in [-0.15, -0.1) is 11.3 Å². The number of nitrogens with one attached hydrogen (secondary N) is 2. The zero-order valence-corrected chi connectivity index (χ0v) is 9.73. The molecule has 0 fully saturated rings. The minimum atomic E-state index is 0.683. The van der Waals surface area contributed by atoms with Gasteiger partial charge in [0.15, 0.2) is 0 Å². The smallest absolute Gasteiger partial charge is 0.0794 e. The molecule has 3 nitrogen and oxygen atoms in total. The molecule has 4 heteroatoms. The number of thiazole rings is 1. The van der Waals surface area contributed by atoms with Crippen LogP contribution in [0.1, 0.15) is 18.7 Å². The Morgan fingerprint density at radius 3 is 2.86 bits per heavy atom. The number of aromatic nitrogens is 1. The van der Waals surface area contributed by atoms with E-state index in [1.54, 1.807) is 11.3 Å². The summed E-state index contributed by atoms with van der Waals surface area (Å²) in [6, 6.07) is 0. The van der Waals surface area contributed by atoms with Crippen molar-refractivity contribution in [3.05, 3.63) is 16.6 Å². The Morgan fingerprint density at radius 1 is 1.43 bits per heavy atom. The first-order valence-corrected chi connectivity index (χ1v) is 5.99. The minimum Gasteiger partial charge on any atom is -0.317 e. The maximum absolute atomic E-state index is 4.04. The van der Waals surface area contributed by atoms with Crippen LogP contribution in [0.15, 0.2) is 11.7 Å². The van der Waals surface area contributed by atoms with Gasteiger partial charge in [-0.25, -0.2) is 0 Å². The van der Waals surface area contributed by atoms with Crippen LogP contribution >= 0.6 is 11.3 Å². The first-order chi connectivity index (χ1) is 6.83. The molecule has 1 heterocycles. The SMILES string of the molecule is CCNCC(C)CNCc1cncs1. The predicted molar refractivity (Wildman–Crippen MR) is 61.5 cm³/mol. The third kappa shape index (κ3) is 4.69. The van der Waals surface area contributed by atoms with Crippen LogP contribution in [0.25, 0.3) is 0 Å². The maximum Gasteiger partial charge on any atom is 0.0794 e. The van der Waals surface area contributed by atoms with Gasteiger partial charge in [0.25, 0.3) is 0 Å². The van der Waals surface area contributed by atoms with Gasteiger partial charge in [-0.1, -0.05) is 13.8 Å². The second-order valence-electron chi connectivity index (χ2n) is 3.51. The van der Waals surface area contributed by atoms with Crippen molar-refractivity contribution in [1.82, 2.24) is 15.6 Å². The molecule has 14 heavy (non-hydrogen) atoms. The molecule has 0 saturated heterocycles. The van der Waals surface area contributed by atoms with Crippen molar-refractivity contribution in [2.45, 2.75) is 20.4 Å². The van der Waals surface area contributed by atoms with E-state index in [1.165, 1.54) is 4.88 Å². The van der Waals surface area contributed by atoms with Gasteiger partial charge in [-0.2, -0.15) is 0 Å². The van der Waals surface area contributed by atoms with Crippen molar-refractivity contribution in [3.63, 3.8) is 0 Å². The average molecular weight is 213 g/mol. The molecule has 0 aromatic carbocycles. The molecule has 0 bridgehead atoms. The summed E-state index contributed by atoms with van der Waals surface area (Å²) >= 11 is 1.70. The predicted octanol–water partition coefficient (Wildman–Crippen LogP) is 1.48. The fourth-order valence-corrected chi connectivity index (χ4v) is 1.80. The molecule has 1 aromatic rings. The Hall–Kier alpha value is -0.450. The van der Waals surface area contributed by atoms with Crippen LogP contribution in [0.4, 0.5) is 0 Å². The summed E-state index contributed by atoms with van der Waals surface area (Å²) in [6.45, 7) is 8.54. The quantitative estimate of drug-likeness (QED) is 0.720. The average Bonchev–Trinajstić information content (AvgIpc) is 2.67. The van der Waals surface area contributed by atoms with Gasteiger partial charge in [-0.3, -0.25) is 4.98 Å². The van der Waals surface area contributed by atoms with Crippen LogP contribution in [0.5, 0.6) is 0 Å². The molecule has 1 atom stereocenters. The number of nitrogens with zero attached hydrogens (tertiary/aromatic N) is 1. The summed E-state index contributed by atoms with van der Waals surface area (Å²) in [7, 11) is 0. The lowest BCUT2D eigenvalue weighted by Crippen LogP contribution is -2.29. The molecular formula is C10H19N3S. The van der Waals surface area contributed by atoms with Gasteiger partial charge in [0.1, 0.15) is 0 Å². The van der Waals surface area contributed by atoms with Gasteiger partial charge in [0.2, 0.25) is 0 Å². The molecule has 0 aliphatic heterocycles. The molecule has 0 amide bonds. The van der Waals surface area contributed by atoms with Gasteiger partial charge in [0.05, 0.1) is 5.51 Å². The van der Waals surface area contributed by atoms with E-state index in [0.717, 1.165) is 26.2 Å². The third-order valence-electron chi connectivity index (χ3n) is 2.02. The standard InChI is InChI=1S/C10H19N3S/c1-3-11-4-9(2)5-12-6-10-7-13-8-14-10/h7-9,11-12H,3-6H2,1-2H3. The van der Waals surface area contributed by atoms with Gasteiger partial charge in [0, 0.05) is 17.6 Å². The molecule has 0 saturated carbocycles.